The van der Waals surface area contributed by atoms with E-state index in [-0.39, 0.29) is 12.0 Å². The van der Waals surface area contributed by atoms with Crippen molar-refractivity contribution in [1.82, 2.24) is 0 Å². The zero-order valence-electron chi connectivity index (χ0n) is 12.9. The van der Waals surface area contributed by atoms with Crippen molar-refractivity contribution in [3.8, 4) is 0 Å². The number of benzene rings is 1. The van der Waals surface area contributed by atoms with Crippen molar-refractivity contribution in [3.63, 3.8) is 0 Å². The smallest absolute Gasteiger partial charge is 0.183 e. The van der Waals surface area contributed by atoms with Crippen LogP contribution >= 0.6 is 0 Å². The van der Waals surface area contributed by atoms with E-state index < -0.39 is 15.1 Å². The van der Waals surface area contributed by atoms with Gasteiger partial charge in [-0.15, -0.1) is 0 Å². The summed E-state index contributed by atoms with van der Waals surface area (Å²) in [4.78, 5) is 0.477. The van der Waals surface area contributed by atoms with Gasteiger partial charge in [-0.1, -0.05) is 19.9 Å². The van der Waals surface area contributed by atoms with Crippen molar-refractivity contribution in [3.05, 3.63) is 29.3 Å². The third-order valence-corrected chi connectivity index (χ3v) is 7.63. The predicted octanol–water partition coefficient (Wildman–Crippen LogP) is 2.71. The summed E-state index contributed by atoms with van der Waals surface area (Å²) < 4.78 is 26.1. The van der Waals surface area contributed by atoms with E-state index in [1.54, 1.807) is 6.07 Å². The topological polar surface area (TPSA) is 60.2 Å². The molecule has 116 valence electrons. The number of sulfone groups is 1. The minimum absolute atomic E-state index is 0.127. The molecule has 0 radical (unpaired) electrons. The third-order valence-electron chi connectivity index (χ3n) is 5.19. The molecule has 0 amide bonds. The lowest BCUT2D eigenvalue weighted by Gasteiger charge is -2.37. The fourth-order valence-electron chi connectivity index (χ4n) is 4.30. The molecule has 0 saturated heterocycles. The normalized spacial score (nSPS) is 32.9. The molecule has 1 aromatic rings. The SMILES string of the molecule is CC1CC(C)C(S(=O)(=O)c2ccc3c(c2)CCC3)C(N)C1. The van der Waals surface area contributed by atoms with Crippen LogP contribution in [0.5, 0.6) is 0 Å². The van der Waals surface area contributed by atoms with E-state index in [1.165, 1.54) is 11.1 Å². The van der Waals surface area contributed by atoms with Crippen molar-refractivity contribution in [2.45, 2.75) is 62.1 Å². The molecule has 3 nitrogen and oxygen atoms in total. The summed E-state index contributed by atoms with van der Waals surface area (Å²) in [5, 5.41) is -0.437. The van der Waals surface area contributed by atoms with Gasteiger partial charge in [0.15, 0.2) is 9.84 Å². The number of aryl methyl sites for hydroxylation is 2. The lowest BCUT2D eigenvalue weighted by Crippen LogP contribution is -2.49. The van der Waals surface area contributed by atoms with Gasteiger partial charge in [0.1, 0.15) is 0 Å². The van der Waals surface area contributed by atoms with Crippen LogP contribution in [0.1, 0.15) is 44.2 Å². The molecule has 4 heteroatoms. The standard InChI is InChI=1S/C17H25NO2S/c1-11-8-12(2)17(16(18)9-11)21(19,20)15-7-6-13-4-3-5-14(13)10-15/h6-7,10-12,16-17H,3-5,8-9,18H2,1-2H3. The molecule has 1 aromatic carbocycles. The number of nitrogens with two attached hydrogens (primary N) is 1. The Bertz CT molecular complexity index is 626. The largest absolute Gasteiger partial charge is 0.326 e. The molecule has 1 saturated carbocycles. The number of fused-ring (bicyclic) bond motifs is 1. The molecule has 0 aromatic heterocycles. The monoisotopic (exact) mass is 307 g/mol. The highest BCUT2D eigenvalue weighted by atomic mass is 32.2. The molecule has 2 N–H and O–H groups in total. The van der Waals surface area contributed by atoms with E-state index in [1.807, 2.05) is 19.1 Å². The van der Waals surface area contributed by atoms with Gasteiger partial charge in [-0.25, -0.2) is 8.42 Å². The average Bonchev–Trinajstić information content (AvgIpc) is 2.83. The van der Waals surface area contributed by atoms with Crippen molar-refractivity contribution in [2.24, 2.45) is 17.6 Å². The zero-order valence-corrected chi connectivity index (χ0v) is 13.7. The van der Waals surface area contributed by atoms with Gasteiger partial charge in [0.25, 0.3) is 0 Å². The molecule has 4 atom stereocenters. The van der Waals surface area contributed by atoms with Crippen LogP contribution in [0, 0.1) is 11.8 Å². The molecule has 4 unspecified atom stereocenters. The van der Waals surface area contributed by atoms with E-state index >= 15 is 0 Å². The van der Waals surface area contributed by atoms with Gasteiger partial charge in [-0.3, -0.25) is 0 Å². The van der Waals surface area contributed by atoms with Crippen molar-refractivity contribution >= 4 is 9.84 Å². The Hall–Kier alpha value is -0.870. The van der Waals surface area contributed by atoms with Crippen LogP contribution in [0.4, 0.5) is 0 Å². The molecular weight excluding hydrogens is 282 g/mol. The van der Waals surface area contributed by atoms with E-state index in [0.29, 0.717) is 10.8 Å². The van der Waals surface area contributed by atoms with Crippen LogP contribution in [-0.4, -0.2) is 19.7 Å². The van der Waals surface area contributed by atoms with Crippen LogP contribution < -0.4 is 5.73 Å². The third kappa shape index (κ3) is 2.64. The second kappa shape index (κ2) is 5.40. The van der Waals surface area contributed by atoms with Crippen LogP contribution in [0.15, 0.2) is 23.1 Å². The molecule has 0 heterocycles. The maximum Gasteiger partial charge on any atom is 0.183 e. The summed E-state index contributed by atoms with van der Waals surface area (Å²) in [5.41, 5.74) is 8.74. The molecular formula is C17H25NO2S. The minimum atomic E-state index is -3.33. The van der Waals surface area contributed by atoms with Gasteiger partial charge < -0.3 is 5.73 Å². The maximum atomic E-state index is 13.0. The molecule has 0 bridgehead atoms. The number of rotatable bonds is 2. The van der Waals surface area contributed by atoms with Crippen LogP contribution in [0.2, 0.25) is 0 Å². The first-order chi connectivity index (χ1) is 9.89. The lowest BCUT2D eigenvalue weighted by atomic mass is 9.80. The summed E-state index contributed by atoms with van der Waals surface area (Å²) in [6.07, 6.45) is 4.96. The van der Waals surface area contributed by atoms with Crippen molar-refractivity contribution < 1.29 is 8.42 Å². The molecule has 21 heavy (non-hydrogen) atoms. The predicted molar refractivity (Wildman–Crippen MR) is 85.0 cm³/mol. The molecule has 0 spiro atoms. The second-order valence-electron chi connectivity index (χ2n) is 7.01. The Balaban J connectivity index is 1.96. The number of hydrogen-bond donors (Lipinski definition) is 1. The highest BCUT2D eigenvalue weighted by Crippen LogP contribution is 2.36. The first kappa shape index (κ1) is 15.0. The van der Waals surface area contributed by atoms with E-state index in [0.717, 1.165) is 32.1 Å². The first-order valence-corrected chi connectivity index (χ1v) is 9.55. The van der Waals surface area contributed by atoms with E-state index in [4.69, 9.17) is 5.73 Å². The summed E-state index contributed by atoms with van der Waals surface area (Å²) in [5.74, 6) is 0.642. The van der Waals surface area contributed by atoms with Gasteiger partial charge in [-0.2, -0.15) is 0 Å². The summed E-state index contributed by atoms with van der Waals surface area (Å²) >= 11 is 0. The van der Waals surface area contributed by atoms with E-state index in [2.05, 4.69) is 6.92 Å². The summed E-state index contributed by atoms with van der Waals surface area (Å²) in [6, 6.07) is 5.44. The van der Waals surface area contributed by atoms with Crippen molar-refractivity contribution in [2.75, 3.05) is 0 Å². The fourth-order valence-corrected chi connectivity index (χ4v) is 6.48. The Kier molecular flexibility index (Phi) is 3.87. The molecule has 3 rings (SSSR count). The highest BCUT2D eigenvalue weighted by molar-refractivity contribution is 7.92. The van der Waals surface area contributed by atoms with Gasteiger partial charge in [0.05, 0.1) is 10.1 Å². The molecule has 2 aliphatic rings. The Morgan fingerprint density at radius 1 is 1.10 bits per heavy atom. The summed E-state index contributed by atoms with van der Waals surface area (Å²) in [7, 11) is -3.33. The van der Waals surface area contributed by atoms with Gasteiger partial charge in [0, 0.05) is 6.04 Å². The fraction of sp³-hybridized carbons (Fsp3) is 0.647. The van der Waals surface area contributed by atoms with Crippen LogP contribution in [0.25, 0.3) is 0 Å². The van der Waals surface area contributed by atoms with Crippen LogP contribution in [0.3, 0.4) is 0 Å². The van der Waals surface area contributed by atoms with Gasteiger partial charge >= 0.3 is 0 Å². The zero-order chi connectivity index (χ0) is 15.2. The van der Waals surface area contributed by atoms with E-state index in [9.17, 15) is 8.42 Å². The highest BCUT2D eigenvalue weighted by Gasteiger charge is 2.41. The van der Waals surface area contributed by atoms with Crippen molar-refractivity contribution in [1.29, 1.82) is 0 Å². The quantitative estimate of drug-likeness (QED) is 0.914. The Morgan fingerprint density at radius 3 is 2.52 bits per heavy atom. The first-order valence-electron chi connectivity index (χ1n) is 8.01. The average molecular weight is 307 g/mol. The van der Waals surface area contributed by atoms with Gasteiger partial charge in [0.2, 0.25) is 0 Å². The Morgan fingerprint density at radius 2 is 1.81 bits per heavy atom. The molecule has 2 aliphatic carbocycles. The Labute approximate surface area is 127 Å². The maximum absolute atomic E-state index is 13.0. The molecule has 0 aliphatic heterocycles. The number of hydrogen-bond acceptors (Lipinski definition) is 3. The lowest BCUT2D eigenvalue weighted by molar-refractivity contribution is 0.271. The van der Waals surface area contributed by atoms with Gasteiger partial charge in [-0.05, 0) is 67.2 Å². The van der Waals surface area contributed by atoms with Crippen LogP contribution in [-0.2, 0) is 22.7 Å². The summed E-state index contributed by atoms with van der Waals surface area (Å²) in [6.45, 7) is 4.19. The minimum Gasteiger partial charge on any atom is -0.326 e. The molecule has 1 fully saturated rings. The second-order valence-corrected chi connectivity index (χ2v) is 9.12.